The Balaban J connectivity index is 1.82. The van der Waals surface area contributed by atoms with Crippen molar-refractivity contribution in [3.8, 4) is 6.07 Å². The standard InChI is InChI=1S/C14H18N2/c15-10-12-6-8-14(9-7-12)16-11-13-4-2-1-3-5-13/h6-9,13,16H,1-5,11H2. The minimum absolute atomic E-state index is 0.725. The number of nitrogens with one attached hydrogen (secondary N) is 1. The van der Waals surface area contributed by atoms with Crippen LogP contribution in [0, 0.1) is 17.2 Å². The summed E-state index contributed by atoms with van der Waals surface area (Å²) >= 11 is 0. The number of nitrogens with zero attached hydrogens (tertiary/aromatic N) is 1. The largest absolute Gasteiger partial charge is 0.385 e. The third-order valence-electron chi connectivity index (χ3n) is 3.33. The first-order valence-electron chi connectivity index (χ1n) is 6.12. The maximum absolute atomic E-state index is 8.69. The molecule has 0 spiro atoms. The maximum Gasteiger partial charge on any atom is 0.0991 e. The van der Waals surface area contributed by atoms with Gasteiger partial charge in [-0.2, -0.15) is 5.26 Å². The van der Waals surface area contributed by atoms with E-state index in [-0.39, 0.29) is 0 Å². The molecule has 1 N–H and O–H groups in total. The molecule has 0 aliphatic heterocycles. The van der Waals surface area contributed by atoms with Crippen LogP contribution in [0.5, 0.6) is 0 Å². The summed E-state index contributed by atoms with van der Waals surface area (Å²) in [6.45, 7) is 1.08. The molecule has 0 unspecified atom stereocenters. The van der Waals surface area contributed by atoms with Gasteiger partial charge < -0.3 is 5.32 Å². The summed E-state index contributed by atoms with van der Waals surface area (Å²) in [4.78, 5) is 0. The first-order chi connectivity index (χ1) is 7.88. The zero-order valence-electron chi connectivity index (χ0n) is 9.58. The summed E-state index contributed by atoms with van der Waals surface area (Å²) < 4.78 is 0. The lowest BCUT2D eigenvalue weighted by Crippen LogP contribution is -2.16. The molecule has 0 aromatic heterocycles. The van der Waals surface area contributed by atoms with Crippen molar-refractivity contribution >= 4 is 5.69 Å². The molecular weight excluding hydrogens is 196 g/mol. The van der Waals surface area contributed by atoms with E-state index in [0.29, 0.717) is 0 Å². The molecule has 0 atom stereocenters. The molecule has 1 aliphatic rings. The summed E-state index contributed by atoms with van der Waals surface area (Å²) in [5, 5.41) is 12.1. The summed E-state index contributed by atoms with van der Waals surface area (Å²) in [5.41, 5.74) is 1.85. The van der Waals surface area contributed by atoms with E-state index < -0.39 is 0 Å². The van der Waals surface area contributed by atoms with Gasteiger partial charge in [0.1, 0.15) is 0 Å². The predicted octanol–water partition coefficient (Wildman–Crippen LogP) is 3.55. The lowest BCUT2D eigenvalue weighted by molar-refractivity contribution is 0.373. The van der Waals surface area contributed by atoms with Crippen LogP contribution in [-0.2, 0) is 0 Å². The van der Waals surface area contributed by atoms with E-state index in [4.69, 9.17) is 5.26 Å². The van der Waals surface area contributed by atoms with Gasteiger partial charge in [0, 0.05) is 12.2 Å². The predicted molar refractivity (Wildman–Crippen MR) is 66.2 cm³/mol. The Hall–Kier alpha value is -1.49. The van der Waals surface area contributed by atoms with Crippen LogP contribution < -0.4 is 5.32 Å². The van der Waals surface area contributed by atoms with Crippen LogP contribution in [0.15, 0.2) is 24.3 Å². The van der Waals surface area contributed by atoms with E-state index in [9.17, 15) is 0 Å². The number of rotatable bonds is 3. The number of anilines is 1. The molecule has 0 radical (unpaired) electrons. The van der Waals surface area contributed by atoms with Gasteiger partial charge in [0.05, 0.1) is 11.6 Å². The molecular formula is C14H18N2. The zero-order valence-corrected chi connectivity index (χ0v) is 9.58. The van der Waals surface area contributed by atoms with Gasteiger partial charge in [-0.05, 0) is 43.0 Å². The van der Waals surface area contributed by atoms with E-state index in [1.807, 2.05) is 24.3 Å². The van der Waals surface area contributed by atoms with Crippen molar-refractivity contribution in [2.45, 2.75) is 32.1 Å². The summed E-state index contributed by atoms with van der Waals surface area (Å²) in [5.74, 6) is 0.837. The number of hydrogen-bond donors (Lipinski definition) is 1. The van der Waals surface area contributed by atoms with Crippen LogP contribution in [0.3, 0.4) is 0 Å². The second-order valence-corrected chi connectivity index (χ2v) is 4.57. The molecule has 0 saturated heterocycles. The van der Waals surface area contributed by atoms with Crippen LogP contribution >= 0.6 is 0 Å². The summed E-state index contributed by atoms with van der Waals surface area (Å²) in [6.07, 6.45) is 6.92. The normalized spacial score (nSPS) is 16.7. The quantitative estimate of drug-likeness (QED) is 0.835. The molecule has 1 saturated carbocycles. The topological polar surface area (TPSA) is 35.8 Å². The highest BCUT2D eigenvalue weighted by Crippen LogP contribution is 2.23. The molecule has 84 valence electrons. The highest BCUT2D eigenvalue weighted by Gasteiger charge is 2.12. The Bertz CT molecular complexity index is 355. The van der Waals surface area contributed by atoms with Gasteiger partial charge in [0.2, 0.25) is 0 Å². The van der Waals surface area contributed by atoms with Crippen LogP contribution in [0.2, 0.25) is 0 Å². The molecule has 2 nitrogen and oxygen atoms in total. The van der Waals surface area contributed by atoms with Crippen LogP contribution in [0.25, 0.3) is 0 Å². The van der Waals surface area contributed by atoms with E-state index >= 15 is 0 Å². The second-order valence-electron chi connectivity index (χ2n) is 4.57. The molecule has 1 aromatic rings. The van der Waals surface area contributed by atoms with Crippen molar-refractivity contribution in [1.82, 2.24) is 0 Å². The molecule has 0 bridgehead atoms. The van der Waals surface area contributed by atoms with Gasteiger partial charge >= 0.3 is 0 Å². The minimum Gasteiger partial charge on any atom is -0.385 e. The highest BCUT2D eigenvalue weighted by molar-refractivity contribution is 5.47. The van der Waals surface area contributed by atoms with E-state index in [2.05, 4.69) is 11.4 Å². The molecule has 0 amide bonds. The van der Waals surface area contributed by atoms with Crippen LogP contribution in [0.1, 0.15) is 37.7 Å². The lowest BCUT2D eigenvalue weighted by Gasteiger charge is -2.22. The molecule has 1 aliphatic carbocycles. The fourth-order valence-electron chi connectivity index (χ4n) is 2.32. The van der Waals surface area contributed by atoms with Crippen molar-refractivity contribution in [2.24, 2.45) is 5.92 Å². The van der Waals surface area contributed by atoms with Gasteiger partial charge in [-0.15, -0.1) is 0 Å². The van der Waals surface area contributed by atoms with Gasteiger partial charge in [-0.3, -0.25) is 0 Å². The van der Waals surface area contributed by atoms with Gasteiger partial charge in [0.25, 0.3) is 0 Å². The van der Waals surface area contributed by atoms with Crippen LogP contribution in [-0.4, -0.2) is 6.54 Å². The van der Waals surface area contributed by atoms with Gasteiger partial charge in [-0.1, -0.05) is 19.3 Å². The summed E-state index contributed by atoms with van der Waals surface area (Å²) in [7, 11) is 0. The van der Waals surface area contributed by atoms with E-state index in [1.54, 1.807) is 0 Å². The van der Waals surface area contributed by atoms with Gasteiger partial charge in [0.15, 0.2) is 0 Å². The first-order valence-corrected chi connectivity index (χ1v) is 6.12. The smallest absolute Gasteiger partial charge is 0.0991 e. The monoisotopic (exact) mass is 214 g/mol. The second kappa shape index (κ2) is 5.55. The molecule has 0 heterocycles. The van der Waals surface area contributed by atoms with Crippen molar-refractivity contribution in [2.75, 3.05) is 11.9 Å². The van der Waals surface area contributed by atoms with E-state index in [1.165, 1.54) is 32.1 Å². The Kier molecular flexibility index (Phi) is 3.82. The molecule has 1 fully saturated rings. The molecule has 2 rings (SSSR count). The fraction of sp³-hybridized carbons (Fsp3) is 0.500. The van der Waals surface area contributed by atoms with E-state index in [0.717, 1.165) is 23.7 Å². The SMILES string of the molecule is N#Cc1ccc(NCC2CCCCC2)cc1. The number of nitriles is 1. The Morgan fingerprint density at radius 3 is 2.44 bits per heavy atom. The van der Waals surface area contributed by atoms with Crippen molar-refractivity contribution in [3.63, 3.8) is 0 Å². The maximum atomic E-state index is 8.69. The average Bonchev–Trinajstić information content (AvgIpc) is 2.38. The zero-order chi connectivity index (χ0) is 11.2. The molecule has 16 heavy (non-hydrogen) atoms. The number of benzene rings is 1. The van der Waals surface area contributed by atoms with Crippen LogP contribution in [0.4, 0.5) is 5.69 Å². The third kappa shape index (κ3) is 3.00. The van der Waals surface area contributed by atoms with Gasteiger partial charge in [-0.25, -0.2) is 0 Å². The highest BCUT2D eigenvalue weighted by atomic mass is 14.9. The van der Waals surface area contributed by atoms with Crippen molar-refractivity contribution in [1.29, 1.82) is 5.26 Å². The fourth-order valence-corrected chi connectivity index (χ4v) is 2.32. The summed E-state index contributed by atoms with van der Waals surface area (Å²) in [6, 6.07) is 9.84. The Morgan fingerprint density at radius 1 is 1.12 bits per heavy atom. The first kappa shape index (κ1) is 11.0. The lowest BCUT2D eigenvalue weighted by atomic mass is 9.89. The Morgan fingerprint density at radius 2 is 1.81 bits per heavy atom. The molecule has 1 aromatic carbocycles. The van der Waals surface area contributed by atoms with Crippen molar-refractivity contribution < 1.29 is 0 Å². The third-order valence-corrected chi connectivity index (χ3v) is 3.33. The minimum atomic E-state index is 0.725. The van der Waals surface area contributed by atoms with Crippen molar-refractivity contribution in [3.05, 3.63) is 29.8 Å². The molecule has 2 heteroatoms. The number of hydrogen-bond acceptors (Lipinski definition) is 2. The Labute approximate surface area is 97.3 Å². The average molecular weight is 214 g/mol.